The number of amides is 2. The van der Waals surface area contributed by atoms with Crippen LogP contribution >= 0.6 is 11.6 Å². The van der Waals surface area contributed by atoms with E-state index in [1.54, 1.807) is 30.3 Å². The Morgan fingerprint density at radius 2 is 1.95 bits per heavy atom. The summed E-state index contributed by atoms with van der Waals surface area (Å²) in [7, 11) is 0. The summed E-state index contributed by atoms with van der Waals surface area (Å²) in [5.74, 6) is -0.436. The molecule has 2 rings (SSSR count). The Labute approximate surface area is 126 Å². The number of nitrogens with one attached hydrogen (secondary N) is 2. The van der Waals surface area contributed by atoms with Crippen LogP contribution < -0.4 is 10.6 Å². The summed E-state index contributed by atoms with van der Waals surface area (Å²) >= 11 is 5.75. The van der Waals surface area contributed by atoms with Gasteiger partial charge in [0.1, 0.15) is 5.82 Å². The van der Waals surface area contributed by atoms with Crippen molar-refractivity contribution in [2.24, 2.45) is 0 Å². The Hall–Kier alpha value is -2.11. The van der Waals surface area contributed by atoms with E-state index < -0.39 is 18.0 Å². The molecule has 0 saturated heterocycles. The van der Waals surface area contributed by atoms with Crippen LogP contribution in [-0.2, 0) is 0 Å². The largest absolute Gasteiger partial charge is 0.387 e. The first kappa shape index (κ1) is 15.3. The molecule has 0 radical (unpaired) electrons. The maximum absolute atomic E-state index is 13.0. The molecule has 0 aliphatic rings. The van der Waals surface area contributed by atoms with E-state index >= 15 is 0 Å². The van der Waals surface area contributed by atoms with E-state index in [0.717, 1.165) is 0 Å². The minimum atomic E-state index is -0.847. The number of aliphatic hydroxyl groups is 1. The van der Waals surface area contributed by atoms with Crippen LogP contribution in [0.25, 0.3) is 0 Å². The van der Waals surface area contributed by atoms with Crippen LogP contribution in [0.4, 0.5) is 14.9 Å². The molecule has 2 amide bonds. The number of hydrogen-bond donors (Lipinski definition) is 3. The highest BCUT2D eigenvalue weighted by atomic mass is 35.5. The Kier molecular flexibility index (Phi) is 5.14. The van der Waals surface area contributed by atoms with E-state index in [2.05, 4.69) is 10.6 Å². The van der Waals surface area contributed by atoms with Crippen molar-refractivity contribution in [2.75, 3.05) is 11.9 Å². The highest BCUT2D eigenvalue weighted by molar-refractivity contribution is 6.30. The summed E-state index contributed by atoms with van der Waals surface area (Å²) in [4.78, 5) is 11.6. The van der Waals surface area contributed by atoms with Crippen LogP contribution in [0.3, 0.4) is 0 Å². The molecule has 0 heterocycles. The minimum Gasteiger partial charge on any atom is -0.387 e. The van der Waals surface area contributed by atoms with Gasteiger partial charge in [0.2, 0.25) is 0 Å². The van der Waals surface area contributed by atoms with Gasteiger partial charge in [-0.05, 0) is 35.9 Å². The van der Waals surface area contributed by atoms with Crippen LogP contribution in [0.15, 0.2) is 48.5 Å². The first-order valence-corrected chi connectivity index (χ1v) is 6.66. The number of rotatable bonds is 4. The number of carbonyl (C=O) groups is 1. The van der Waals surface area contributed by atoms with Crippen molar-refractivity contribution < 1.29 is 14.3 Å². The van der Waals surface area contributed by atoms with E-state index in [1.807, 2.05) is 0 Å². The van der Waals surface area contributed by atoms with Crippen LogP contribution in [0.1, 0.15) is 11.7 Å². The smallest absolute Gasteiger partial charge is 0.319 e. The zero-order chi connectivity index (χ0) is 15.2. The lowest BCUT2D eigenvalue weighted by Crippen LogP contribution is -2.32. The third-order valence-corrected chi connectivity index (χ3v) is 3.05. The highest BCUT2D eigenvalue weighted by Gasteiger charge is 2.09. The van der Waals surface area contributed by atoms with E-state index in [-0.39, 0.29) is 6.54 Å². The van der Waals surface area contributed by atoms with Crippen LogP contribution in [0.5, 0.6) is 0 Å². The van der Waals surface area contributed by atoms with Crippen molar-refractivity contribution in [3.63, 3.8) is 0 Å². The van der Waals surface area contributed by atoms with E-state index in [4.69, 9.17) is 11.6 Å². The van der Waals surface area contributed by atoms with Crippen molar-refractivity contribution >= 4 is 23.3 Å². The van der Waals surface area contributed by atoms with Gasteiger partial charge in [0.25, 0.3) is 0 Å². The molecular formula is C15H14ClFN2O2. The summed E-state index contributed by atoms with van der Waals surface area (Å²) in [6.07, 6.45) is -0.847. The van der Waals surface area contributed by atoms with E-state index in [0.29, 0.717) is 16.3 Å². The fourth-order valence-corrected chi connectivity index (χ4v) is 1.86. The van der Waals surface area contributed by atoms with Gasteiger partial charge in [-0.15, -0.1) is 0 Å². The normalized spacial score (nSPS) is 11.8. The molecule has 2 aromatic rings. The van der Waals surface area contributed by atoms with Gasteiger partial charge in [0, 0.05) is 17.3 Å². The molecule has 0 spiro atoms. The molecule has 2 aromatic carbocycles. The second-order valence-corrected chi connectivity index (χ2v) is 4.85. The van der Waals surface area contributed by atoms with Gasteiger partial charge < -0.3 is 15.7 Å². The van der Waals surface area contributed by atoms with Gasteiger partial charge >= 0.3 is 6.03 Å². The fourth-order valence-electron chi connectivity index (χ4n) is 1.73. The summed E-state index contributed by atoms with van der Waals surface area (Å²) < 4.78 is 13.0. The van der Waals surface area contributed by atoms with Gasteiger partial charge in [-0.3, -0.25) is 0 Å². The number of anilines is 1. The molecule has 0 aliphatic heterocycles. The minimum absolute atomic E-state index is 0.0305. The zero-order valence-corrected chi connectivity index (χ0v) is 11.8. The van der Waals surface area contributed by atoms with Crippen molar-refractivity contribution in [3.8, 4) is 0 Å². The number of urea groups is 1. The van der Waals surface area contributed by atoms with Crippen molar-refractivity contribution in [3.05, 3.63) is 64.9 Å². The fraction of sp³-hybridized carbons (Fsp3) is 0.133. The van der Waals surface area contributed by atoms with Crippen LogP contribution in [-0.4, -0.2) is 17.7 Å². The summed E-state index contributed by atoms with van der Waals surface area (Å²) in [6.45, 7) is 0.0305. The molecule has 0 aromatic heterocycles. The number of halogens is 2. The topological polar surface area (TPSA) is 61.4 Å². The van der Waals surface area contributed by atoms with E-state index in [1.165, 1.54) is 18.2 Å². The number of benzene rings is 2. The molecule has 0 aliphatic carbocycles. The van der Waals surface area contributed by atoms with Gasteiger partial charge in [0.15, 0.2) is 0 Å². The molecular weight excluding hydrogens is 295 g/mol. The Morgan fingerprint density at radius 3 is 2.62 bits per heavy atom. The number of carbonyl (C=O) groups excluding carboxylic acids is 1. The lowest BCUT2D eigenvalue weighted by atomic mass is 10.1. The predicted octanol–water partition coefficient (Wildman–Crippen LogP) is 3.33. The highest BCUT2D eigenvalue weighted by Crippen LogP contribution is 2.15. The molecule has 21 heavy (non-hydrogen) atoms. The molecule has 1 atom stereocenters. The standard InChI is InChI=1S/C15H14ClFN2O2/c16-11-6-4-10(5-7-11)14(20)9-18-15(21)19-13-3-1-2-12(17)8-13/h1-8,14,20H,9H2,(H2,18,19,21). The number of hydrogen-bond acceptors (Lipinski definition) is 2. The SMILES string of the molecule is O=C(NCC(O)c1ccc(Cl)cc1)Nc1cccc(F)c1. The molecule has 0 fully saturated rings. The van der Waals surface area contributed by atoms with E-state index in [9.17, 15) is 14.3 Å². The zero-order valence-electron chi connectivity index (χ0n) is 11.0. The van der Waals surface area contributed by atoms with Crippen molar-refractivity contribution in [2.45, 2.75) is 6.10 Å². The van der Waals surface area contributed by atoms with Gasteiger partial charge in [-0.1, -0.05) is 29.8 Å². The van der Waals surface area contributed by atoms with Gasteiger partial charge in [-0.25, -0.2) is 9.18 Å². The Bertz CT molecular complexity index is 619. The third kappa shape index (κ3) is 4.73. The summed E-state index contributed by atoms with van der Waals surface area (Å²) in [6, 6.07) is 11.7. The maximum Gasteiger partial charge on any atom is 0.319 e. The molecule has 6 heteroatoms. The predicted molar refractivity (Wildman–Crippen MR) is 79.8 cm³/mol. The average Bonchev–Trinajstić information content (AvgIpc) is 2.45. The van der Waals surface area contributed by atoms with Gasteiger partial charge in [0.05, 0.1) is 6.10 Å². The molecule has 3 N–H and O–H groups in total. The van der Waals surface area contributed by atoms with Crippen molar-refractivity contribution in [1.82, 2.24) is 5.32 Å². The van der Waals surface area contributed by atoms with Crippen LogP contribution in [0.2, 0.25) is 5.02 Å². The molecule has 110 valence electrons. The molecule has 0 bridgehead atoms. The summed E-state index contributed by atoms with van der Waals surface area (Å²) in [5, 5.41) is 15.5. The second-order valence-electron chi connectivity index (χ2n) is 4.41. The van der Waals surface area contributed by atoms with Crippen molar-refractivity contribution in [1.29, 1.82) is 0 Å². The molecule has 4 nitrogen and oxygen atoms in total. The lowest BCUT2D eigenvalue weighted by molar-refractivity contribution is 0.175. The Balaban J connectivity index is 1.84. The summed E-state index contributed by atoms with van der Waals surface area (Å²) in [5.41, 5.74) is 0.985. The first-order chi connectivity index (χ1) is 10.0. The van der Waals surface area contributed by atoms with Crippen LogP contribution in [0, 0.1) is 5.82 Å². The maximum atomic E-state index is 13.0. The quantitative estimate of drug-likeness (QED) is 0.811. The Morgan fingerprint density at radius 1 is 1.24 bits per heavy atom. The first-order valence-electron chi connectivity index (χ1n) is 6.28. The molecule has 1 unspecified atom stereocenters. The second kappa shape index (κ2) is 7.06. The lowest BCUT2D eigenvalue weighted by Gasteiger charge is -2.13. The third-order valence-electron chi connectivity index (χ3n) is 2.79. The monoisotopic (exact) mass is 308 g/mol. The molecule has 0 saturated carbocycles. The average molecular weight is 309 g/mol. The van der Waals surface area contributed by atoms with Gasteiger partial charge in [-0.2, -0.15) is 0 Å². The number of aliphatic hydroxyl groups excluding tert-OH is 1.